The van der Waals surface area contributed by atoms with Crippen molar-refractivity contribution >= 4 is 57.2 Å². The third kappa shape index (κ3) is 5.41. The average Bonchev–Trinajstić information content (AvgIpc) is 3.39. The second-order valence-electron chi connectivity index (χ2n) is 8.35. The van der Waals surface area contributed by atoms with Gasteiger partial charge in [0.05, 0.1) is 12.1 Å². The number of carbonyl (C=O) groups excluding carboxylic acids is 3. The van der Waals surface area contributed by atoms with Crippen LogP contribution in [0.25, 0.3) is 10.9 Å². The maximum Gasteiger partial charge on any atom is 0.256 e. The summed E-state index contributed by atoms with van der Waals surface area (Å²) in [5, 5.41) is 4.28. The molecule has 1 aromatic heterocycles. The van der Waals surface area contributed by atoms with E-state index in [0.717, 1.165) is 10.9 Å². The Morgan fingerprint density at radius 1 is 1.14 bits per heavy atom. The monoisotopic (exact) mass is 492 g/mol. The molecule has 0 bridgehead atoms. The Hall–Kier alpha value is -3.56. The molecular weight excluding hydrogens is 464 g/mol. The van der Waals surface area contributed by atoms with Gasteiger partial charge >= 0.3 is 0 Å². The minimum Gasteiger partial charge on any atom is -0.382 e. The van der Waals surface area contributed by atoms with Gasteiger partial charge in [0.1, 0.15) is 6.04 Å². The number of thiocarbonyl (C=S) groups is 1. The fourth-order valence-corrected chi connectivity index (χ4v) is 4.58. The summed E-state index contributed by atoms with van der Waals surface area (Å²) in [6.07, 6.45) is 2.46. The van der Waals surface area contributed by atoms with Gasteiger partial charge in [0, 0.05) is 42.7 Å². The van der Waals surface area contributed by atoms with E-state index in [1.54, 1.807) is 29.2 Å². The Balaban J connectivity index is 1.52. The third-order valence-corrected chi connectivity index (χ3v) is 6.38. The molecule has 35 heavy (non-hydrogen) atoms. The lowest BCUT2D eigenvalue weighted by atomic mass is 10.1. The molecule has 1 saturated heterocycles. The van der Waals surface area contributed by atoms with Gasteiger partial charge in [-0.15, -0.1) is 0 Å². The van der Waals surface area contributed by atoms with Crippen molar-refractivity contribution in [3.8, 4) is 0 Å². The standard InChI is InChI=1S/C26H28N4O4S/c1-3-34-14-4-13-29-23(16-24(32)28-20-8-5-19-11-12-27-22(19)15-20)25(33)30(26(29)35)21-9-6-18(7-10-21)17(2)31/h5-12,15,23,27H,3-4,13-14,16H2,1-2H3,(H,28,32). The zero-order chi connectivity index (χ0) is 24.9. The van der Waals surface area contributed by atoms with Gasteiger partial charge in [-0.05, 0) is 80.3 Å². The molecule has 2 N–H and O–H groups in total. The smallest absolute Gasteiger partial charge is 0.256 e. The van der Waals surface area contributed by atoms with E-state index in [9.17, 15) is 14.4 Å². The van der Waals surface area contributed by atoms with Gasteiger partial charge in [-0.25, -0.2) is 0 Å². The van der Waals surface area contributed by atoms with Crippen molar-refractivity contribution in [1.82, 2.24) is 9.88 Å². The van der Waals surface area contributed by atoms with Gasteiger partial charge in [-0.1, -0.05) is 6.07 Å². The second-order valence-corrected chi connectivity index (χ2v) is 8.72. The molecule has 2 amide bonds. The summed E-state index contributed by atoms with van der Waals surface area (Å²) in [5.74, 6) is -0.603. The van der Waals surface area contributed by atoms with Gasteiger partial charge in [-0.2, -0.15) is 0 Å². The van der Waals surface area contributed by atoms with Crippen LogP contribution in [0.5, 0.6) is 0 Å². The summed E-state index contributed by atoms with van der Waals surface area (Å²) in [6.45, 7) is 5.04. The fourth-order valence-electron chi connectivity index (χ4n) is 4.16. The lowest BCUT2D eigenvalue weighted by Crippen LogP contribution is -2.38. The molecule has 2 heterocycles. The zero-order valence-electron chi connectivity index (χ0n) is 19.7. The van der Waals surface area contributed by atoms with E-state index in [1.807, 2.05) is 37.4 Å². The number of benzene rings is 2. The van der Waals surface area contributed by atoms with Crippen LogP contribution in [0.15, 0.2) is 54.7 Å². The minimum atomic E-state index is -0.731. The maximum absolute atomic E-state index is 13.5. The first kappa shape index (κ1) is 24.6. The molecule has 1 atom stereocenters. The Labute approximate surface area is 209 Å². The SMILES string of the molecule is CCOCCCN1C(=S)N(c2ccc(C(C)=O)cc2)C(=O)C1CC(=O)Nc1ccc2cc[nH]c2c1. The van der Waals surface area contributed by atoms with Crippen molar-refractivity contribution in [3.63, 3.8) is 0 Å². The van der Waals surface area contributed by atoms with Crippen molar-refractivity contribution in [1.29, 1.82) is 0 Å². The number of rotatable bonds is 10. The van der Waals surface area contributed by atoms with Crippen molar-refractivity contribution in [3.05, 3.63) is 60.3 Å². The van der Waals surface area contributed by atoms with Gasteiger partial charge < -0.3 is 19.9 Å². The van der Waals surface area contributed by atoms with Crippen LogP contribution >= 0.6 is 12.2 Å². The Morgan fingerprint density at radius 3 is 2.63 bits per heavy atom. The first-order valence-corrected chi connectivity index (χ1v) is 12.0. The van der Waals surface area contributed by atoms with Crippen molar-refractivity contribution in [2.24, 2.45) is 0 Å². The molecule has 3 aromatic rings. The summed E-state index contributed by atoms with van der Waals surface area (Å²) in [7, 11) is 0. The zero-order valence-corrected chi connectivity index (χ0v) is 20.6. The lowest BCUT2D eigenvalue weighted by Gasteiger charge is -2.23. The summed E-state index contributed by atoms with van der Waals surface area (Å²) in [4.78, 5) is 44.4. The summed E-state index contributed by atoms with van der Waals surface area (Å²) in [6, 6.07) is 13.6. The Bertz CT molecular complexity index is 1250. The third-order valence-electron chi connectivity index (χ3n) is 5.96. The number of ketones is 1. The predicted molar refractivity (Wildman–Crippen MR) is 140 cm³/mol. The highest BCUT2D eigenvalue weighted by molar-refractivity contribution is 7.80. The number of nitrogens with one attached hydrogen (secondary N) is 2. The largest absolute Gasteiger partial charge is 0.382 e. The molecule has 1 unspecified atom stereocenters. The van der Waals surface area contributed by atoms with Crippen LogP contribution in [-0.2, 0) is 14.3 Å². The molecule has 182 valence electrons. The Morgan fingerprint density at radius 2 is 1.91 bits per heavy atom. The number of ether oxygens (including phenoxy) is 1. The van der Waals surface area contributed by atoms with E-state index in [2.05, 4.69) is 10.3 Å². The number of carbonyl (C=O) groups is 3. The number of aromatic nitrogens is 1. The van der Waals surface area contributed by atoms with E-state index in [4.69, 9.17) is 17.0 Å². The molecule has 1 aliphatic heterocycles. The molecule has 9 heteroatoms. The van der Waals surface area contributed by atoms with Crippen molar-refractivity contribution < 1.29 is 19.1 Å². The maximum atomic E-state index is 13.5. The number of amides is 2. The van der Waals surface area contributed by atoms with Gasteiger partial charge in [-0.3, -0.25) is 19.3 Å². The highest BCUT2D eigenvalue weighted by atomic mass is 32.1. The van der Waals surface area contributed by atoms with E-state index in [0.29, 0.717) is 48.2 Å². The highest BCUT2D eigenvalue weighted by Gasteiger charge is 2.43. The normalized spacial score (nSPS) is 15.8. The van der Waals surface area contributed by atoms with E-state index >= 15 is 0 Å². The molecule has 4 rings (SSSR count). The minimum absolute atomic E-state index is 0.0433. The number of Topliss-reactive ketones (excluding diaryl/α,β-unsaturated/α-hetero) is 1. The van der Waals surface area contributed by atoms with Crippen LogP contribution < -0.4 is 10.2 Å². The average molecular weight is 493 g/mol. The molecule has 0 saturated carbocycles. The van der Waals surface area contributed by atoms with Gasteiger partial charge in [0.15, 0.2) is 10.9 Å². The fraction of sp³-hybridized carbons (Fsp3) is 0.308. The number of H-pyrrole nitrogens is 1. The van der Waals surface area contributed by atoms with E-state index in [1.165, 1.54) is 11.8 Å². The predicted octanol–water partition coefficient (Wildman–Crippen LogP) is 4.13. The van der Waals surface area contributed by atoms with E-state index in [-0.39, 0.29) is 24.0 Å². The Kier molecular flexibility index (Phi) is 7.57. The lowest BCUT2D eigenvalue weighted by molar-refractivity contribution is -0.124. The number of hydrogen-bond acceptors (Lipinski definition) is 5. The molecular formula is C26H28N4O4S. The number of anilines is 2. The molecule has 1 fully saturated rings. The molecule has 1 aliphatic rings. The second kappa shape index (κ2) is 10.8. The van der Waals surface area contributed by atoms with Crippen LogP contribution in [0, 0.1) is 0 Å². The molecule has 0 radical (unpaired) electrons. The summed E-state index contributed by atoms with van der Waals surface area (Å²) >= 11 is 5.67. The summed E-state index contributed by atoms with van der Waals surface area (Å²) in [5.41, 5.74) is 2.69. The van der Waals surface area contributed by atoms with Crippen LogP contribution in [0.2, 0.25) is 0 Å². The topological polar surface area (TPSA) is 94.7 Å². The van der Waals surface area contributed by atoms with Crippen LogP contribution in [-0.4, -0.2) is 58.4 Å². The molecule has 2 aromatic carbocycles. The number of fused-ring (bicyclic) bond motifs is 1. The van der Waals surface area contributed by atoms with Crippen LogP contribution in [0.4, 0.5) is 11.4 Å². The quantitative estimate of drug-likeness (QED) is 0.251. The van der Waals surface area contributed by atoms with E-state index < -0.39 is 6.04 Å². The summed E-state index contributed by atoms with van der Waals surface area (Å²) < 4.78 is 5.44. The first-order chi connectivity index (χ1) is 16.9. The first-order valence-electron chi connectivity index (χ1n) is 11.6. The van der Waals surface area contributed by atoms with Crippen molar-refractivity contribution in [2.75, 3.05) is 30.0 Å². The van der Waals surface area contributed by atoms with Crippen molar-refractivity contribution in [2.45, 2.75) is 32.7 Å². The number of aromatic amines is 1. The van der Waals surface area contributed by atoms with Gasteiger partial charge in [0.25, 0.3) is 5.91 Å². The molecule has 0 aliphatic carbocycles. The van der Waals surface area contributed by atoms with Crippen LogP contribution in [0.3, 0.4) is 0 Å². The number of hydrogen-bond donors (Lipinski definition) is 2. The molecule has 8 nitrogen and oxygen atoms in total. The van der Waals surface area contributed by atoms with Gasteiger partial charge in [0.2, 0.25) is 5.91 Å². The number of nitrogens with zero attached hydrogens (tertiary/aromatic N) is 2. The highest BCUT2D eigenvalue weighted by Crippen LogP contribution is 2.28. The molecule has 0 spiro atoms. The van der Waals surface area contributed by atoms with Crippen LogP contribution in [0.1, 0.15) is 37.0 Å².